The molecule has 0 radical (unpaired) electrons. The number of methoxy groups -OCH3 is 2. The third-order valence-electron chi connectivity index (χ3n) is 3.17. The highest BCUT2D eigenvalue weighted by Crippen LogP contribution is 2.29. The summed E-state index contributed by atoms with van der Waals surface area (Å²) < 4.78 is 16.6. The third-order valence-corrected chi connectivity index (χ3v) is 3.76. The number of thiocarbonyl (C=S) groups is 1. The van der Waals surface area contributed by atoms with Gasteiger partial charge in [0.15, 0.2) is 16.6 Å². The number of halogens is 1. The van der Waals surface area contributed by atoms with Crippen LogP contribution in [0.15, 0.2) is 46.0 Å². The Labute approximate surface area is 164 Å². The Morgan fingerprint density at radius 2 is 1.85 bits per heavy atom. The molecule has 9 heteroatoms. The first kappa shape index (κ1) is 19.7. The lowest BCUT2D eigenvalue weighted by molar-refractivity contribution is 0.0734. The molecule has 2 aromatic rings. The first-order chi connectivity index (χ1) is 12.4. The molecule has 0 saturated heterocycles. The largest absolute Gasteiger partial charge is 0.493 e. The van der Waals surface area contributed by atoms with Crippen LogP contribution in [0.1, 0.15) is 15.9 Å². The van der Waals surface area contributed by atoms with Crippen LogP contribution in [0.5, 0.6) is 17.2 Å². The maximum Gasteiger partial charge on any atom is 0.343 e. The second-order valence-electron chi connectivity index (χ2n) is 4.88. The van der Waals surface area contributed by atoms with Crippen molar-refractivity contribution in [2.45, 2.75) is 0 Å². The molecular weight excluding hydrogens is 422 g/mol. The number of esters is 1. The molecule has 0 heterocycles. The predicted octanol–water partition coefficient (Wildman–Crippen LogP) is 2.85. The van der Waals surface area contributed by atoms with Crippen LogP contribution in [0.4, 0.5) is 0 Å². The van der Waals surface area contributed by atoms with E-state index in [1.807, 2.05) is 0 Å². The zero-order valence-corrected chi connectivity index (χ0v) is 16.4. The van der Waals surface area contributed by atoms with E-state index in [1.165, 1.54) is 20.4 Å². The fourth-order valence-electron chi connectivity index (χ4n) is 2.00. The van der Waals surface area contributed by atoms with E-state index in [0.717, 1.165) is 4.47 Å². The van der Waals surface area contributed by atoms with E-state index in [4.69, 9.17) is 19.9 Å². The molecule has 0 spiro atoms. The highest BCUT2D eigenvalue weighted by molar-refractivity contribution is 9.10. The van der Waals surface area contributed by atoms with E-state index in [9.17, 15) is 4.79 Å². The molecule has 2 aromatic carbocycles. The zero-order valence-electron chi connectivity index (χ0n) is 14.0. The fourth-order valence-corrected chi connectivity index (χ4v) is 2.43. The van der Waals surface area contributed by atoms with Crippen molar-refractivity contribution in [2.24, 2.45) is 10.8 Å². The van der Waals surface area contributed by atoms with E-state index in [1.54, 1.807) is 36.4 Å². The van der Waals surface area contributed by atoms with Gasteiger partial charge in [0.2, 0.25) is 0 Å². The minimum atomic E-state index is -0.551. The van der Waals surface area contributed by atoms with Gasteiger partial charge in [-0.15, -0.1) is 0 Å². The van der Waals surface area contributed by atoms with Gasteiger partial charge in [0.1, 0.15) is 5.75 Å². The van der Waals surface area contributed by atoms with Crippen molar-refractivity contribution in [1.29, 1.82) is 0 Å². The molecule has 0 aromatic heterocycles. The highest BCUT2D eigenvalue weighted by Gasteiger charge is 2.14. The molecule has 0 fully saturated rings. The Morgan fingerprint density at radius 1 is 1.15 bits per heavy atom. The molecule has 0 aliphatic rings. The normalized spacial score (nSPS) is 10.4. The van der Waals surface area contributed by atoms with Gasteiger partial charge < -0.3 is 19.9 Å². The summed E-state index contributed by atoms with van der Waals surface area (Å²) in [6, 6.07) is 9.89. The smallest absolute Gasteiger partial charge is 0.343 e. The average Bonchev–Trinajstić information content (AvgIpc) is 2.62. The van der Waals surface area contributed by atoms with Crippen LogP contribution in [-0.4, -0.2) is 31.5 Å². The van der Waals surface area contributed by atoms with Crippen LogP contribution in [-0.2, 0) is 0 Å². The summed E-state index contributed by atoms with van der Waals surface area (Å²) in [4.78, 5) is 12.5. The highest BCUT2D eigenvalue weighted by atomic mass is 79.9. The monoisotopic (exact) mass is 437 g/mol. The van der Waals surface area contributed by atoms with Gasteiger partial charge >= 0.3 is 5.97 Å². The lowest BCUT2D eigenvalue weighted by atomic mass is 10.2. The first-order valence-corrected chi connectivity index (χ1v) is 8.47. The zero-order chi connectivity index (χ0) is 19.1. The summed E-state index contributed by atoms with van der Waals surface area (Å²) in [6.07, 6.45) is 1.45. The van der Waals surface area contributed by atoms with E-state index in [2.05, 4.69) is 38.7 Å². The van der Waals surface area contributed by atoms with Crippen LogP contribution in [0, 0.1) is 0 Å². The summed E-state index contributed by atoms with van der Waals surface area (Å²) in [5.74, 6) is 0.719. The summed E-state index contributed by atoms with van der Waals surface area (Å²) in [5, 5.41) is 3.91. The Bertz CT molecular complexity index is 858. The van der Waals surface area contributed by atoms with Crippen LogP contribution in [0.2, 0.25) is 0 Å². The molecule has 0 saturated carbocycles. The van der Waals surface area contributed by atoms with Crippen molar-refractivity contribution < 1.29 is 19.0 Å². The van der Waals surface area contributed by atoms with Crippen LogP contribution in [0.25, 0.3) is 0 Å². The molecule has 26 heavy (non-hydrogen) atoms. The maximum atomic E-state index is 12.5. The quantitative estimate of drug-likeness (QED) is 0.236. The number of hydrogen-bond donors (Lipinski definition) is 2. The minimum absolute atomic E-state index is 0.0279. The fraction of sp³-hybridized carbons (Fsp3) is 0.118. The Hall–Kier alpha value is -2.65. The van der Waals surface area contributed by atoms with Gasteiger partial charge in [0.25, 0.3) is 0 Å². The topological polar surface area (TPSA) is 95.2 Å². The van der Waals surface area contributed by atoms with Crippen LogP contribution >= 0.6 is 28.1 Å². The number of carbonyl (C=O) groups excluding carboxylic acids is 1. The SMILES string of the molecule is COc1ccc(C(=O)Oc2ccc(Br)cc2/C=N\NC(N)=S)cc1OC. The number of nitrogens with zero attached hydrogens (tertiary/aromatic N) is 1. The second-order valence-corrected chi connectivity index (χ2v) is 6.23. The van der Waals surface area contributed by atoms with Crippen molar-refractivity contribution in [1.82, 2.24) is 5.43 Å². The van der Waals surface area contributed by atoms with Gasteiger partial charge in [-0.2, -0.15) is 5.10 Å². The van der Waals surface area contributed by atoms with Crippen LogP contribution in [0.3, 0.4) is 0 Å². The summed E-state index contributed by atoms with van der Waals surface area (Å²) in [7, 11) is 3.01. The Kier molecular flexibility index (Phi) is 6.93. The Balaban J connectivity index is 2.26. The van der Waals surface area contributed by atoms with Gasteiger partial charge in [-0.3, -0.25) is 5.43 Å². The Morgan fingerprint density at radius 3 is 2.50 bits per heavy atom. The lowest BCUT2D eigenvalue weighted by Gasteiger charge is -2.11. The summed E-state index contributed by atoms with van der Waals surface area (Å²) >= 11 is 8.04. The van der Waals surface area contributed by atoms with Crippen LogP contribution < -0.4 is 25.4 Å². The summed E-state index contributed by atoms with van der Waals surface area (Å²) in [6.45, 7) is 0. The van der Waals surface area contributed by atoms with Gasteiger partial charge in [0.05, 0.1) is 26.0 Å². The lowest BCUT2D eigenvalue weighted by Crippen LogP contribution is -2.24. The van der Waals surface area contributed by atoms with Crippen molar-refractivity contribution in [2.75, 3.05) is 14.2 Å². The van der Waals surface area contributed by atoms with Crippen molar-refractivity contribution >= 4 is 45.4 Å². The third kappa shape index (κ3) is 5.17. The molecule has 3 N–H and O–H groups in total. The number of benzene rings is 2. The molecule has 0 aliphatic heterocycles. The number of carbonyl (C=O) groups is 1. The van der Waals surface area contributed by atoms with E-state index in [0.29, 0.717) is 28.4 Å². The molecular formula is C17H16BrN3O4S. The van der Waals surface area contributed by atoms with Crippen molar-refractivity contribution in [3.05, 3.63) is 52.0 Å². The average molecular weight is 438 g/mol. The standard InChI is InChI=1S/C17H16BrN3O4S/c1-23-14-5-3-10(8-15(14)24-2)16(22)25-13-6-4-12(18)7-11(13)9-20-21-17(19)26/h3-9H,1-2H3,(H3,19,21,26)/b20-9-. The first-order valence-electron chi connectivity index (χ1n) is 7.27. The van der Waals surface area contributed by atoms with Crippen molar-refractivity contribution in [3.8, 4) is 17.2 Å². The molecule has 0 bridgehead atoms. The second kappa shape index (κ2) is 9.16. The number of hydrogen-bond acceptors (Lipinski definition) is 6. The van der Waals surface area contributed by atoms with Gasteiger partial charge in [-0.1, -0.05) is 15.9 Å². The minimum Gasteiger partial charge on any atom is -0.493 e. The summed E-state index contributed by atoms with van der Waals surface area (Å²) in [5.41, 5.74) is 8.64. The predicted molar refractivity (Wildman–Crippen MR) is 106 cm³/mol. The molecule has 136 valence electrons. The molecule has 0 aliphatic carbocycles. The number of ether oxygens (including phenoxy) is 3. The maximum absolute atomic E-state index is 12.5. The van der Waals surface area contributed by atoms with Gasteiger partial charge in [-0.05, 0) is 48.6 Å². The molecule has 0 atom stereocenters. The number of nitrogens with one attached hydrogen (secondary N) is 1. The van der Waals surface area contributed by atoms with E-state index < -0.39 is 5.97 Å². The van der Waals surface area contributed by atoms with Gasteiger partial charge in [-0.25, -0.2) is 4.79 Å². The molecule has 0 amide bonds. The number of nitrogens with two attached hydrogens (primary N) is 1. The number of rotatable bonds is 6. The molecule has 7 nitrogen and oxygen atoms in total. The molecule has 2 rings (SSSR count). The van der Waals surface area contributed by atoms with Gasteiger partial charge in [0, 0.05) is 10.0 Å². The number of hydrazone groups is 1. The molecule has 0 unspecified atom stereocenters. The van der Waals surface area contributed by atoms with E-state index >= 15 is 0 Å². The van der Waals surface area contributed by atoms with Crippen molar-refractivity contribution in [3.63, 3.8) is 0 Å². The van der Waals surface area contributed by atoms with E-state index in [-0.39, 0.29) is 5.11 Å².